The van der Waals surface area contributed by atoms with E-state index in [0.717, 1.165) is 51.7 Å². The lowest BCUT2D eigenvalue weighted by Crippen LogP contribution is -2.07. The second kappa shape index (κ2) is 10.1. The van der Waals surface area contributed by atoms with Gasteiger partial charge in [0, 0.05) is 23.2 Å². The van der Waals surface area contributed by atoms with E-state index in [2.05, 4.69) is 77.3 Å². The maximum Gasteiger partial charge on any atom is 0.191 e. The van der Waals surface area contributed by atoms with Crippen molar-refractivity contribution in [3.8, 4) is 16.3 Å². The van der Waals surface area contributed by atoms with Crippen molar-refractivity contribution in [3.05, 3.63) is 76.6 Å². The molecule has 0 aliphatic rings. The van der Waals surface area contributed by atoms with Crippen LogP contribution >= 0.6 is 23.1 Å². The number of aryl methyl sites for hydroxylation is 2. The van der Waals surface area contributed by atoms with Crippen LogP contribution in [0.2, 0.25) is 0 Å². The van der Waals surface area contributed by atoms with Gasteiger partial charge in [-0.1, -0.05) is 60.6 Å². The van der Waals surface area contributed by atoms with Crippen LogP contribution in [0.25, 0.3) is 10.6 Å². The van der Waals surface area contributed by atoms with E-state index in [-0.39, 0.29) is 0 Å². The van der Waals surface area contributed by atoms with Gasteiger partial charge in [0.25, 0.3) is 0 Å². The molecule has 0 bridgehead atoms. The van der Waals surface area contributed by atoms with Crippen LogP contribution in [-0.2, 0) is 25.3 Å². The van der Waals surface area contributed by atoms with Gasteiger partial charge < -0.3 is 9.30 Å². The van der Waals surface area contributed by atoms with Gasteiger partial charge in [0.15, 0.2) is 11.0 Å². The summed E-state index contributed by atoms with van der Waals surface area (Å²) in [7, 11) is 0. The quantitative estimate of drug-likeness (QED) is 0.286. The van der Waals surface area contributed by atoms with E-state index < -0.39 is 0 Å². The molecule has 0 unspecified atom stereocenters. The number of benzene rings is 2. The zero-order valence-corrected chi connectivity index (χ0v) is 19.7. The van der Waals surface area contributed by atoms with E-state index in [9.17, 15) is 0 Å². The Morgan fingerprint density at radius 1 is 1.00 bits per heavy atom. The lowest BCUT2D eigenvalue weighted by atomic mass is 10.2. The number of thiazole rings is 1. The SMILES string of the molecule is CCc1ccc(OCc2nnc(SCc3csc(-c4ccc(C)cc4)n3)n2CC)cc1. The van der Waals surface area contributed by atoms with E-state index in [1.807, 2.05) is 12.1 Å². The van der Waals surface area contributed by atoms with Crippen LogP contribution in [-0.4, -0.2) is 19.7 Å². The molecule has 5 nitrogen and oxygen atoms in total. The Morgan fingerprint density at radius 2 is 1.77 bits per heavy atom. The fraction of sp³-hybridized carbons (Fsp3) is 0.292. The average Bonchev–Trinajstić information content (AvgIpc) is 3.43. The van der Waals surface area contributed by atoms with E-state index >= 15 is 0 Å². The molecule has 4 aromatic rings. The van der Waals surface area contributed by atoms with Crippen LogP contribution in [0.1, 0.15) is 36.5 Å². The molecule has 2 aromatic carbocycles. The molecule has 0 saturated carbocycles. The Labute approximate surface area is 191 Å². The molecule has 4 rings (SSSR count). The van der Waals surface area contributed by atoms with Gasteiger partial charge in [-0.15, -0.1) is 21.5 Å². The predicted octanol–water partition coefficient (Wildman–Crippen LogP) is 6.16. The molecule has 0 amide bonds. The first-order valence-corrected chi connectivity index (χ1v) is 12.3. The number of hydrogen-bond acceptors (Lipinski definition) is 6. The minimum absolute atomic E-state index is 0.404. The Hall–Kier alpha value is -2.64. The number of thioether (sulfide) groups is 1. The van der Waals surface area contributed by atoms with Crippen LogP contribution in [0.3, 0.4) is 0 Å². The fourth-order valence-electron chi connectivity index (χ4n) is 3.16. The molecule has 2 aromatic heterocycles. The Morgan fingerprint density at radius 3 is 2.48 bits per heavy atom. The summed E-state index contributed by atoms with van der Waals surface area (Å²) in [6.07, 6.45) is 1.02. The maximum absolute atomic E-state index is 5.93. The highest BCUT2D eigenvalue weighted by molar-refractivity contribution is 7.98. The average molecular weight is 451 g/mol. The molecule has 160 valence electrons. The van der Waals surface area contributed by atoms with Crippen LogP contribution in [0.15, 0.2) is 59.1 Å². The number of aromatic nitrogens is 4. The van der Waals surface area contributed by atoms with Crippen LogP contribution < -0.4 is 4.74 Å². The number of nitrogens with zero attached hydrogens (tertiary/aromatic N) is 4. The van der Waals surface area contributed by atoms with Gasteiger partial charge in [-0.2, -0.15) is 0 Å². The summed E-state index contributed by atoms with van der Waals surface area (Å²) in [5.41, 5.74) is 4.78. The largest absolute Gasteiger partial charge is 0.486 e. The molecule has 0 atom stereocenters. The Balaban J connectivity index is 1.38. The summed E-state index contributed by atoms with van der Waals surface area (Å²) < 4.78 is 8.04. The second-order valence-corrected chi connectivity index (χ2v) is 9.03. The van der Waals surface area contributed by atoms with Gasteiger partial charge in [0.05, 0.1) is 5.69 Å². The fourth-order valence-corrected chi connectivity index (χ4v) is 5.01. The monoisotopic (exact) mass is 450 g/mol. The highest BCUT2D eigenvalue weighted by Gasteiger charge is 2.13. The van der Waals surface area contributed by atoms with E-state index in [1.165, 1.54) is 11.1 Å². The lowest BCUT2D eigenvalue weighted by Gasteiger charge is -2.09. The van der Waals surface area contributed by atoms with E-state index in [1.54, 1.807) is 23.1 Å². The van der Waals surface area contributed by atoms with Gasteiger partial charge >= 0.3 is 0 Å². The van der Waals surface area contributed by atoms with Crippen molar-refractivity contribution in [1.29, 1.82) is 0 Å². The summed E-state index contributed by atoms with van der Waals surface area (Å²) >= 11 is 3.34. The van der Waals surface area contributed by atoms with Gasteiger partial charge in [0.1, 0.15) is 17.4 Å². The van der Waals surface area contributed by atoms with Crippen molar-refractivity contribution in [2.45, 2.75) is 51.3 Å². The van der Waals surface area contributed by atoms with Crippen LogP contribution in [0, 0.1) is 6.92 Å². The summed E-state index contributed by atoms with van der Waals surface area (Å²) in [6, 6.07) is 16.7. The zero-order chi connectivity index (χ0) is 21.6. The molecular weight excluding hydrogens is 424 g/mol. The first-order valence-electron chi connectivity index (χ1n) is 10.4. The first kappa shape index (κ1) is 21.6. The molecule has 0 spiro atoms. The summed E-state index contributed by atoms with van der Waals surface area (Å²) in [5, 5.41) is 12.8. The third-order valence-electron chi connectivity index (χ3n) is 5.01. The van der Waals surface area contributed by atoms with Crippen molar-refractivity contribution in [3.63, 3.8) is 0 Å². The molecule has 2 heterocycles. The van der Waals surface area contributed by atoms with Gasteiger partial charge in [0.2, 0.25) is 0 Å². The minimum atomic E-state index is 0.404. The smallest absolute Gasteiger partial charge is 0.191 e. The molecule has 7 heteroatoms. The molecule has 31 heavy (non-hydrogen) atoms. The van der Waals surface area contributed by atoms with Crippen molar-refractivity contribution in [2.24, 2.45) is 0 Å². The summed E-state index contributed by atoms with van der Waals surface area (Å²) in [5.74, 6) is 2.45. The Bertz CT molecular complexity index is 1120. The Kier molecular flexibility index (Phi) is 7.04. The van der Waals surface area contributed by atoms with Crippen molar-refractivity contribution in [1.82, 2.24) is 19.7 Å². The molecule has 0 saturated heterocycles. The highest BCUT2D eigenvalue weighted by Crippen LogP contribution is 2.28. The third kappa shape index (κ3) is 5.35. The number of rotatable bonds is 9. The maximum atomic E-state index is 5.93. The third-order valence-corrected chi connectivity index (χ3v) is 6.95. The topological polar surface area (TPSA) is 52.8 Å². The van der Waals surface area contributed by atoms with Gasteiger partial charge in [-0.25, -0.2) is 4.98 Å². The van der Waals surface area contributed by atoms with Crippen LogP contribution in [0.4, 0.5) is 0 Å². The lowest BCUT2D eigenvalue weighted by molar-refractivity contribution is 0.288. The zero-order valence-electron chi connectivity index (χ0n) is 18.0. The summed E-state index contributed by atoms with van der Waals surface area (Å²) in [6.45, 7) is 7.55. The second-order valence-electron chi connectivity index (χ2n) is 7.23. The highest BCUT2D eigenvalue weighted by atomic mass is 32.2. The van der Waals surface area contributed by atoms with Crippen molar-refractivity contribution < 1.29 is 4.74 Å². The normalized spacial score (nSPS) is 11.1. The van der Waals surface area contributed by atoms with Crippen molar-refractivity contribution >= 4 is 23.1 Å². The van der Waals surface area contributed by atoms with E-state index in [4.69, 9.17) is 9.72 Å². The van der Waals surface area contributed by atoms with E-state index in [0.29, 0.717) is 6.61 Å². The molecule has 0 radical (unpaired) electrons. The minimum Gasteiger partial charge on any atom is -0.486 e. The molecule has 0 fully saturated rings. The van der Waals surface area contributed by atoms with Crippen LogP contribution in [0.5, 0.6) is 5.75 Å². The van der Waals surface area contributed by atoms with Gasteiger partial charge in [-0.3, -0.25) is 0 Å². The molecule has 0 aliphatic carbocycles. The molecule has 0 aliphatic heterocycles. The standard InChI is InChI=1S/C24H26N4OS2/c1-4-18-8-12-21(13-9-18)29-14-22-26-27-24(28(22)5-2)31-16-20-15-30-23(25-20)19-10-6-17(3)7-11-19/h6-13,15H,4-5,14,16H2,1-3H3. The number of hydrogen-bond donors (Lipinski definition) is 0. The molecule has 0 N–H and O–H groups in total. The predicted molar refractivity (Wildman–Crippen MR) is 128 cm³/mol. The summed E-state index contributed by atoms with van der Waals surface area (Å²) in [4.78, 5) is 4.79. The van der Waals surface area contributed by atoms with Crippen molar-refractivity contribution in [2.75, 3.05) is 0 Å². The van der Waals surface area contributed by atoms with Gasteiger partial charge in [-0.05, 0) is 38.0 Å². The first-order chi connectivity index (χ1) is 15.2. The number of ether oxygens (including phenoxy) is 1. The molecular formula is C24H26N4OS2.